The number of aromatic nitrogens is 2. The van der Waals surface area contributed by atoms with Crippen LogP contribution < -0.4 is 5.32 Å². The number of thiophene rings is 1. The zero-order valence-electron chi connectivity index (χ0n) is 9.66. The van der Waals surface area contributed by atoms with Gasteiger partial charge in [0.15, 0.2) is 5.16 Å². The number of nitrogens with zero attached hydrogens (tertiary/aromatic N) is 3. The van der Waals surface area contributed by atoms with E-state index in [9.17, 15) is 0 Å². The number of benzene rings is 1. The van der Waals surface area contributed by atoms with Gasteiger partial charge in [-0.2, -0.15) is 5.26 Å². The van der Waals surface area contributed by atoms with E-state index >= 15 is 0 Å². The first kappa shape index (κ1) is 12.0. The van der Waals surface area contributed by atoms with E-state index in [-0.39, 0.29) is 0 Å². The van der Waals surface area contributed by atoms with Crippen molar-refractivity contribution in [2.75, 3.05) is 5.32 Å². The topological polar surface area (TPSA) is 61.6 Å². The summed E-state index contributed by atoms with van der Waals surface area (Å²) in [5.74, 6) is 0.723. The molecular formula is C13H8N4S2. The van der Waals surface area contributed by atoms with Crippen LogP contribution >= 0.6 is 24.0 Å². The summed E-state index contributed by atoms with van der Waals surface area (Å²) >= 11 is 5.75. The molecule has 0 amide bonds. The highest BCUT2D eigenvalue weighted by atomic mass is 32.1. The van der Waals surface area contributed by atoms with Crippen LogP contribution in [0.5, 0.6) is 0 Å². The Morgan fingerprint density at radius 1 is 1.16 bits per heavy atom. The van der Waals surface area contributed by atoms with Crippen LogP contribution in [0, 0.1) is 11.3 Å². The van der Waals surface area contributed by atoms with Gasteiger partial charge in [0.2, 0.25) is 0 Å². The summed E-state index contributed by atoms with van der Waals surface area (Å²) in [6, 6.07) is 11.3. The lowest BCUT2D eigenvalue weighted by molar-refractivity contribution is 1.02. The molecule has 2 aromatic heterocycles. The molecule has 0 spiro atoms. The Hall–Kier alpha value is -2.10. The van der Waals surface area contributed by atoms with Gasteiger partial charge < -0.3 is 5.32 Å². The van der Waals surface area contributed by atoms with E-state index in [4.69, 9.17) is 5.26 Å². The molecule has 0 aliphatic rings. The van der Waals surface area contributed by atoms with Crippen molar-refractivity contribution < 1.29 is 0 Å². The molecule has 0 aliphatic carbocycles. The van der Waals surface area contributed by atoms with E-state index < -0.39 is 0 Å². The van der Waals surface area contributed by atoms with Gasteiger partial charge in [0.05, 0.1) is 17.0 Å². The number of anilines is 2. The maximum Gasteiger partial charge on any atom is 0.187 e. The van der Waals surface area contributed by atoms with Crippen molar-refractivity contribution in [3.63, 3.8) is 0 Å². The van der Waals surface area contributed by atoms with Gasteiger partial charge in [-0.1, -0.05) is 0 Å². The quantitative estimate of drug-likeness (QED) is 0.557. The summed E-state index contributed by atoms with van der Waals surface area (Å²) in [5, 5.41) is 15.4. The highest BCUT2D eigenvalue weighted by Crippen LogP contribution is 2.28. The van der Waals surface area contributed by atoms with Gasteiger partial charge >= 0.3 is 0 Å². The first-order valence-corrected chi connectivity index (χ1v) is 6.80. The molecule has 92 valence electrons. The molecule has 3 aromatic rings. The van der Waals surface area contributed by atoms with Gasteiger partial charge in [0.25, 0.3) is 0 Å². The molecule has 1 aromatic carbocycles. The standard InChI is InChI=1S/C13H8N4S2/c14-7-8-1-3-9(4-2-8)15-11-10-5-6-19-12(10)17-13(18)16-11/h1-6H,(H2,15,16,17,18). The van der Waals surface area contributed by atoms with E-state index in [1.54, 1.807) is 23.5 Å². The average Bonchev–Trinajstić information content (AvgIpc) is 2.88. The third kappa shape index (κ3) is 2.38. The second-order valence-corrected chi connectivity index (χ2v) is 5.12. The zero-order valence-corrected chi connectivity index (χ0v) is 11.4. The molecule has 19 heavy (non-hydrogen) atoms. The maximum atomic E-state index is 8.77. The van der Waals surface area contributed by atoms with Gasteiger partial charge in [-0.05, 0) is 35.7 Å². The Morgan fingerprint density at radius 2 is 1.95 bits per heavy atom. The van der Waals surface area contributed by atoms with Crippen LogP contribution in [0.15, 0.2) is 40.9 Å². The maximum absolute atomic E-state index is 8.77. The van der Waals surface area contributed by atoms with Gasteiger partial charge in [-0.15, -0.1) is 24.0 Å². The van der Waals surface area contributed by atoms with Crippen LogP contribution in [0.4, 0.5) is 11.5 Å². The summed E-state index contributed by atoms with van der Waals surface area (Å²) in [7, 11) is 0. The molecule has 0 fully saturated rings. The molecule has 0 saturated heterocycles. The second-order valence-electron chi connectivity index (χ2n) is 3.83. The Bertz CT molecular complexity index is 771. The molecular weight excluding hydrogens is 276 g/mol. The second kappa shape index (κ2) is 4.88. The van der Waals surface area contributed by atoms with Crippen molar-refractivity contribution in [2.24, 2.45) is 0 Å². The Morgan fingerprint density at radius 3 is 2.68 bits per heavy atom. The first-order chi connectivity index (χ1) is 9.26. The van der Waals surface area contributed by atoms with E-state index in [2.05, 4.69) is 34.0 Å². The van der Waals surface area contributed by atoms with Crippen LogP contribution in [-0.4, -0.2) is 9.97 Å². The monoisotopic (exact) mass is 284 g/mol. The fourth-order valence-corrected chi connectivity index (χ4v) is 2.74. The summed E-state index contributed by atoms with van der Waals surface area (Å²) in [6.45, 7) is 0. The molecule has 2 heterocycles. The first-order valence-electron chi connectivity index (χ1n) is 5.47. The molecule has 3 rings (SSSR count). The van der Waals surface area contributed by atoms with Crippen molar-refractivity contribution in [3.05, 3.63) is 41.3 Å². The van der Waals surface area contributed by atoms with Gasteiger partial charge in [0, 0.05) is 5.69 Å². The van der Waals surface area contributed by atoms with Crippen molar-refractivity contribution in [1.82, 2.24) is 9.97 Å². The molecule has 0 aliphatic heterocycles. The summed E-state index contributed by atoms with van der Waals surface area (Å²) in [4.78, 5) is 9.45. The number of rotatable bonds is 2. The zero-order chi connectivity index (χ0) is 13.2. The average molecular weight is 284 g/mol. The predicted octanol–water partition coefficient (Wildman–Crippen LogP) is 3.60. The number of fused-ring (bicyclic) bond motifs is 1. The van der Waals surface area contributed by atoms with Crippen LogP contribution in [0.3, 0.4) is 0 Å². The summed E-state index contributed by atoms with van der Waals surface area (Å²) in [5.41, 5.74) is 1.50. The highest BCUT2D eigenvalue weighted by molar-refractivity contribution is 7.80. The molecule has 0 radical (unpaired) electrons. The normalized spacial score (nSPS) is 10.3. The van der Waals surface area contributed by atoms with Crippen LogP contribution in [0.1, 0.15) is 5.56 Å². The predicted molar refractivity (Wildman–Crippen MR) is 79.1 cm³/mol. The summed E-state index contributed by atoms with van der Waals surface area (Å²) < 4.78 is 0. The molecule has 6 heteroatoms. The van der Waals surface area contributed by atoms with Gasteiger partial charge in [-0.3, -0.25) is 0 Å². The van der Waals surface area contributed by atoms with E-state index in [1.807, 2.05) is 23.6 Å². The van der Waals surface area contributed by atoms with Crippen LogP contribution in [0.2, 0.25) is 0 Å². The Balaban J connectivity index is 2.00. The Kier molecular flexibility index (Phi) is 3.07. The number of nitrogens with one attached hydrogen (secondary N) is 1. The van der Waals surface area contributed by atoms with Gasteiger partial charge in [0.1, 0.15) is 10.6 Å². The minimum Gasteiger partial charge on any atom is -0.340 e. The Labute approximate surface area is 119 Å². The number of thiol groups is 1. The van der Waals surface area contributed by atoms with Crippen LogP contribution in [0.25, 0.3) is 10.2 Å². The van der Waals surface area contributed by atoms with E-state index in [0.29, 0.717) is 10.7 Å². The molecule has 4 nitrogen and oxygen atoms in total. The molecule has 0 atom stereocenters. The fraction of sp³-hybridized carbons (Fsp3) is 0. The molecule has 0 bridgehead atoms. The van der Waals surface area contributed by atoms with Gasteiger partial charge in [-0.25, -0.2) is 9.97 Å². The smallest absolute Gasteiger partial charge is 0.187 e. The largest absolute Gasteiger partial charge is 0.340 e. The van der Waals surface area contributed by atoms with Crippen molar-refractivity contribution >= 4 is 45.7 Å². The minimum absolute atomic E-state index is 0.436. The molecule has 0 unspecified atom stereocenters. The van der Waals surface area contributed by atoms with Crippen LogP contribution in [-0.2, 0) is 0 Å². The third-order valence-corrected chi connectivity index (χ3v) is 3.60. The van der Waals surface area contributed by atoms with Crippen molar-refractivity contribution in [2.45, 2.75) is 5.16 Å². The van der Waals surface area contributed by atoms with Crippen molar-refractivity contribution in [3.8, 4) is 6.07 Å². The number of hydrogen-bond donors (Lipinski definition) is 2. The molecule has 0 saturated carbocycles. The lowest BCUT2D eigenvalue weighted by Gasteiger charge is -2.07. The highest BCUT2D eigenvalue weighted by Gasteiger charge is 2.07. The molecule has 1 N–H and O–H groups in total. The van der Waals surface area contributed by atoms with E-state index in [0.717, 1.165) is 21.7 Å². The lowest BCUT2D eigenvalue weighted by atomic mass is 10.2. The lowest BCUT2D eigenvalue weighted by Crippen LogP contribution is -1.96. The summed E-state index contributed by atoms with van der Waals surface area (Å²) in [6.07, 6.45) is 0. The minimum atomic E-state index is 0.436. The fourth-order valence-electron chi connectivity index (χ4n) is 1.70. The number of hydrogen-bond acceptors (Lipinski definition) is 6. The third-order valence-electron chi connectivity index (χ3n) is 2.59. The van der Waals surface area contributed by atoms with E-state index in [1.165, 1.54) is 0 Å². The number of nitriles is 1. The van der Waals surface area contributed by atoms with Crippen molar-refractivity contribution in [1.29, 1.82) is 5.26 Å². The SMILES string of the molecule is N#Cc1ccc(Nc2nc(S)nc3sccc23)cc1.